The number of hydrogen-bond acceptors (Lipinski definition) is 3. The summed E-state index contributed by atoms with van der Waals surface area (Å²) in [4.78, 5) is 0.198. The van der Waals surface area contributed by atoms with Gasteiger partial charge in [0.05, 0.1) is 12.0 Å². The summed E-state index contributed by atoms with van der Waals surface area (Å²) in [6, 6.07) is 6.15. The Hall–Kier alpha value is -0.740. The fraction of sp³-hybridized carbons (Fsp3) is 0.400. The average Bonchev–Trinajstić information content (AvgIpc) is 2.16. The first-order chi connectivity index (χ1) is 6.79. The molecule has 0 radical (unpaired) electrons. The van der Waals surface area contributed by atoms with Crippen LogP contribution in [0.15, 0.2) is 29.2 Å². The molecule has 0 saturated heterocycles. The Morgan fingerprint density at radius 2 is 1.67 bits per heavy atom. The second-order valence-corrected chi connectivity index (χ2v) is 7.21. The molecule has 1 rings (SSSR count). The highest BCUT2D eigenvalue weighted by atomic mass is 35.5. The Kier molecular flexibility index (Phi) is 3.31. The zero-order chi connectivity index (χ0) is 11.7. The first-order valence-electron chi connectivity index (χ1n) is 4.36. The minimum absolute atomic E-state index is 0.198. The van der Waals surface area contributed by atoms with Gasteiger partial charge in [-0.1, -0.05) is 0 Å². The number of hydrogen-bond donors (Lipinski definition) is 0. The Morgan fingerprint density at radius 3 is 2.00 bits per heavy atom. The van der Waals surface area contributed by atoms with E-state index in [1.165, 1.54) is 33.1 Å². The number of sulfone groups is 1. The lowest BCUT2D eigenvalue weighted by molar-refractivity contribution is 0.414. The van der Waals surface area contributed by atoms with E-state index in [4.69, 9.17) is 16.3 Å². The molecule has 0 aliphatic heterocycles. The van der Waals surface area contributed by atoms with Crippen molar-refractivity contribution in [3.8, 4) is 5.75 Å². The van der Waals surface area contributed by atoms with E-state index < -0.39 is 14.0 Å². The van der Waals surface area contributed by atoms with Gasteiger partial charge in [-0.25, -0.2) is 8.42 Å². The van der Waals surface area contributed by atoms with Gasteiger partial charge in [0.25, 0.3) is 0 Å². The van der Waals surface area contributed by atoms with Crippen molar-refractivity contribution in [1.29, 1.82) is 0 Å². The van der Waals surface area contributed by atoms with Crippen molar-refractivity contribution < 1.29 is 13.2 Å². The molecule has 0 amide bonds. The summed E-state index contributed by atoms with van der Waals surface area (Å²) in [6.45, 7) is 2.91. The maximum absolute atomic E-state index is 11.9. The third-order valence-electron chi connectivity index (χ3n) is 2.01. The lowest BCUT2D eigenvalue weighted by atomic mass is 10.3. The van der Waals surface area contributed by atoms with Crippen LogP contribution in [0.1, 0.15) is 13.8 Å². The number of methoxy groups -OCH3 is 1. The van der Waals surface area contributed by atoms with Crippen molar-refractivity contribution in [3.63, 3.8) is 0 Å². The maximum atomic E-state index is 11.9. The molecule has 1 aromatic carbocycles. The molecule has 0 N–H and O–H groups in total. The summed E-state index contributed by atoms with van der Waals surface area (Å²) >= 11 is 5.81. The average molecular weight is 249 g/mol. The second kappa shape index (κ2) is 4.02. The van der Waals surface area contributed by atoms with Crippen LogP contribution in [0, 0.1) is 0 Å². The van der Waals surface area contributed by atoms with Crippen LogP contribution in [0.5, 0.6) is 5.75 Å². The van der Waals surface area contributed by atoms with Crippen LogP contribution in [0.25, 0.3) is 0 Å². The van der Waals surface area contributed by atoms with Crippen LogP contribution in [0.3, 0.4) is 0 Å². The molecular weight excluding hydrogens is 236 g/mol. The summed E-state index contributed by atoms with van der Waals surface area (Å²) in [5.41, 5.74) is 0. The summed E-state index contributed by atoms with van der Waals surface area (Å²) in [5, 5.41) is 0. The van der Waals surface area contributed by atoms with Crippen LogP contribution < -0.4 is 4.74 Å². The molecule has 0 atom stereocenters. The molecular formula is C10H13ClO3S. The van der Waals surface area contributed by atoms with Crippen molar-refractivity contribution in [2.45, 2.75) is 22.9 Å². The highest BCUT2D eigenvalue weighted by Crippen LogP contribution is 2.29. The molecule has 5 heteroatoms. The molecule has 0 heterocycles. The van der Waals surface area contributed by atoms with Gasteiger partial charge in [-0.15, -0.1) is 11.6 Å². The van der Waals surface area contributed by atoms with Crippen molar-refractivity contribution in [3.05, 3.63) is 24.3 Å². The minimum Gasteiger partial charge on any atom is -0.497 e. The summed E-state index contributed by atoms with van der Waals surface area (Å²) in [5.74, 6) is 0.612. The van der Waals surface area contributed by atoms with Crippen LogP contribution in [0.4, 0.5) is 0 Å². The van der Waals surface area contributed by atoms with E-state index in [2.05, 4.69) is 0 Å². The first-order valence-corrected chi connectivity index (χ1v) is 6.23. The zero-order valence-electron chi connectivity index (χ0n) is 8.82. The van der Waals surface area contributed by atoms with E-state index in [1.54, 1.807) is 12.1 Å². The molecule has 15 heavy (non-hydrogen) atoms. The molecule has 84 valence electrons. The van der Waals surface area contributed by atoms with Gasteiger partial charge in [0, 0.05) is 0 Å². The summed E-state index contributed by atoms with van der Waals surface area (Å²) < 4.78 is 27.4. The lowest BCUT2D eigenvalue weighted by Crippen LogP contribution is -2.24. The third kappa shape index (κ3) is 2.44. The van der Waals surface area contributed by atoms with Crippen molar-refractivity contribution >= 4 is 21.4 Å². The molecule has 0 unspecified atom stereocenters. The monoisotopic (exact) mass is 248 g/mol. The second-order valence-electron chi connectivity index (χ2n) is 3.54. The van der Waals surface area contributed by atoms with Gasteiger partial charge in [-0.3, -0.25) is 0 Å². The van der Waals surface area contributed by atoms with Gasteiger partial charge < -0.3 is 4.74 Å². The third-order valence-corrected chi connectivity index (χ3v) is 4.79. The highest BCUT2D eigenvalue weighted by Gasteiger charge is 2.33. The van der Waals surface area contributed by atoms with Gasteiger partial charge in [0.1, 0.15) is 9.96 Å². The van der Waals surface area contributed by atoms with Crippen molar-refractivity contribution in [1.82, 2.24) is 0 Å². The quantitative estimate of drug-likeness (QED) is 0.772. The van der Waals surface area contributed by atoms with Gasteiger partial charge in [0.15, 0.2) is 9.84 Å². The highest BCUT2D eigenvalue weighted by molar-refractivity contribution is 7.94. The van der Waals surface area contributed by atoms with E-state index in [9.17, 15) is 8.42 Å². The van der Waals surface area contributed by atoms with Gasteiger partial charge in [-0.2, -0.15) is 0 Å². The van der Waals surface area contributed by atoms with E-state index in [0.29, 0.717) is 5.75 Å². The largest absolute Gasteiger partial charge is 0.497 e. The lowest BCUT2D eigenvalue weighted by Gasteiger charge is -2.16. The van der Waals surface area contributed by atoms with E-state index in [-0.39, 0.29) is 4.90 Å². The molecule has 0 saturated carbocycles. The Morgan fingerprint density at radius 1 is 1.20 bits per heavy atom. The standard InChI is InChI=1S/C10H13ClO3S/c1-10(2,11)15(12,13)9-6-4-8(14-3)5-7-9/h4-7H,1-3H3. The maximum Gasteiger partial charge on any atom is 0.197 e. The molecule has 0 bridgehead atoms. The van der Waals surface area contributed by atoms with E-state index in [0.717, 1.165) is 0 Å². The summed E-state index contributed by atoms with van der Waals surface area (Å²) in [7, 11) is -1.97. The zero-order valence-corrected chi connectivity index (χ0v) is 10.4. The fourth-order valence-electron chi connectivity index (χ4n) is 1.04. The van der Waals surface area contributed by atoms with Gasteiger partial charge in [0.2, 0.25) is 0 Å². The van der Waals surface area contributed by atoms with Crippen molar-refractivity contribution in [2.24, 2.45) is 0 Å². The molecule has 0 spiro atoms. The van der Waals surface area contributed by atoms with Crippen molar-refractivity contribution in [2.75, 3.05) is 7.11 Å². The first kappa shape index (κ1) is 12.3. The minimum atomic E-state index is -3.49. The topological polar surface area (TPSA) is 43.4 Å². The van der Waals surface area contributed by atoms with Crippen LogP contribution in [0.2, 0.25) is 0 Å². The predicted molar refractivity (Wildman–Crippen MR) is 60.1 cm³/mol. The molecule has 0 aliphatic carbocycles. The van der Waals surface area contributed by atoms with Crippen LogP contribution >= 0.6 is 11.6 Å². The number of ether oxygens (including phenoxy) is 1. The molecule has 0 aromatic heterocycles. The molecule has 1 aromatic rings. The van der Waals surface area contributed by atoms with Gasteiger partial charge >= 0.3 is 0 Å². The van der Waals surface area contributed by atoms with Crippen LogP contribution in [-0.2, 0) is 9.84 Å². The van der Waals surface area contributed by atoms with E-state index >= 15 is 0 Å². The normalized spacial score (nSPS) is 12.5. The SMILES string of the molecule is COc1ccc(S(=O)(=O)C(C)(C)Cl)cc1. The number of benzene rings is 1. The fourth-order valence-corrected chi connectivity index (χ4v) is 2.36. The van der Waals surface area contributed by atoms with Gasteiger partial charge in [-0.05, 0) is 38.1 Å². The number of rotatable bonds is 3. The molecule has 3 nitrogen and oxygen atoms in total. The smallest absolute Gasteiger partial charge is 0.197 e. The molecule has 0 aliphatic rings. The Balaban J connectivity index is 3.18. The number of halogens is 1. The Bertz CT molecular complexity index is 429. The Labute approximate surface area is 94.9 Å². The molecule has 0 fully saturated rings. The predicted octanol–water partition coefficient (Wildman–Crippen LogP) is 2.44. The van der Waals surface area contributed by atoms with E-state index in [1.807, 2.05) is 0 Å². The summed E-state index contributed by atoms with van der Waals surface area (Å²) in [6.07, 6.45) is 0. The van der Waals surface area contributed by atoms with Crippen LogP contribution in [-0.4, -0.2) is 19.7 Å². The number of alkyl halides is 1.